The first-order valence-corrected chi connectivity index (χ1v) is 9.56. The van der Waals surface area contributed by atoms with Gasteiger partial charge >= 0.3 is 0 Å². The molecule has 0 aliphatic heterocycles. The highest BCUT2D eigenvalue weighted by atomic mass is 35.5. The summed E-state index contributed by atoms with van der Waals surface area (Å²) in [5, 5.41) is 5.70. The number of hydrogen-bond donors (Lipinski definition) is 3. The van der Waals surface area contributed by atoms with E-state index in [0.29, 0.717) is 22.6 Å². The van der Waals surface area contributed by atoms with Crippen LogP contribution < -0.4 is 10.6 Å². The van der Waals surface area contributed by atoms with Crippen molar-refractivity contribution in [3.05, 3.63) is 75.9 Å². The maximum absolute atomic E-state index is 13.3. The number of nitrogens with zero attached hydrogens (tertiary/aromatic N) is 1. The number of halogens is 2. The van der Waals surface area contributed by atoms with Crippen LogP contribution in [0.25, 0.3) is 12.2 Å². The van der Waals surface area contributed by atoms with Gasteiger partial charge in [-0.3, -0.25) is 9.59 Å². The summed E-state index contributed by atoms with van der Waals surface area (Å²) >= 11 is 6.02. The van der Waals surface area contributed by atoms with Crippen LogP contribution in [0, 0.1) is 5.82 Å². The topological polar surface area (TPSA) is 86.9 Å². The summed E-state index contributed by atoms with van der Waals surface area (Å²) in [7, 11) is 1.57. The molecule has 0 atom stereocenters. The second-order valence-electron chi connectivity index (χ2n) is 7.44. The first-order valence-electron chi connectivity index (χ1n) is 9.19. The van der Waals surface area contributed by atoms with Crippen LogP contribution in [0.3, 0.4) is 0 Å². The van der Waals surface area contributed by atoms with Crippen LogP contribution in [0.4, 0.5) is 4.39 Å². The average Bonchev–Trinajstić information content (AvgIpc) is 3.15. The normalized spacial score (nSPS) is 12.9. The number of benzene rings is 1. The van der Waals surface area contributed by atoms with Gasteiger partial charge in [-0.25, -0.2) is 9.37 Å². The molecule has 1 amide bonds. The van der Waals surface area contributed by atoms with Gasteiger partial charge in [0.05, 0.1) is 23.4 Å². The van der Waals surface area contributed by atoms with E-state index in [-0.39, 0.29) is 16.8 Å². The van der Waals surface area contributed by atoms with Gasteiger partial charge in [-0.05, 0) is 35.9 Å². The minimum Gasteiger partial charge on any atom is -0.384 e. The lowest BCUT2D eigenvalue weighted by molar-refractivity contribution is -0.118. The lowest BCUT2D eigenvalue weighted by Crippen LogP contribution is -2.30. The molecule has 1 aromatic heterocycles. The van der Waals surface area contributed by atoms with E-state index in [1.54, 1.807) is 19.2 Å². The molecule has 1 aromatic carbocycles. The summed E-state index contributed by atoms with van der Waals surface area (Å²) in [5.41, 5.74) is 1.95. The van der Waals surface area contributed by atoms with Crippen molar-refractivity contribution in [2.24, 2.45) is 0 Å². The molecule has 0 unspecified atom stereocenters. The molecular formula is C22H24ClFN4O2. The van der Waals surface area contributed by atoms with Crippen molar-refractivity contribution in [2.75, 3.05) is 7.05 Å². The van der Waals surface area contributed by atoms with Gasteiger partial charge in [-0.1, -0.05) is 44.5 Å². The number of rotatable bonds is 7. The summed E-state index contributed by atoms with van der Waals surface area (Å²) in [6, 6.07) is 4.00. The number of carbonyl (C=O) groups is 2. The first kappa shape index (κ1) is 23.1. The Morgan fingerprint density at radius 3 is 2.67 bits per heavy atom. The number of aldehydes is 1. The number of amides is 1. The minimum atomic E-state index is -0.515. The number of H-pyrrole nitrogens is 1. The maximum Gasteiger partial charge on any atom is 0.271 e. The Balaban J connectivity index is 2.19. The van der Waals surface area contributed by atoms with Crippen LogP contribution in [-0.4, -0.2) is 29.2 Å². The van der Waals surface area contributed by atoms with Crippen molar-refractivity contribution < 1.29 is 14.0 Å². The zero-order valence-electron chi connectivity index (χ0n) is 17.2. The third kappa shape index (κ3) is 6.15. The fourth-order valence-corrected chi connectivity index (χ4v) is 2.80. The van der Waals surface area contributed by atoms with Gasteiger partial charge in [-0.2, -0.15) is 0 Å². The molecule has 2 aromatic rings. The third-order valence-corrected chi connectivity index (χ3v) is 4.45. The van der Waals surface area contributed by atoms with Gasteiger partial charge in [0.2, 0.25) is 0 Å². The van der Waals surface area contributed by atoms with Crippen molar-refractivity contribution in [1.82, 2.24) is 20.6 Å². The molecule has 8 heteroatoms. The summed E-state index contributed by atoms with van der Waals surface area (Å²) in [6.45, 7) is 6.03. The number of nitrogens with one attached hydrogen (secondary N) is 3. The van der Waals surface area contributed by atoms with Gasteiger partial charge < -0.3 is 15.6 Å². The van der Waals surface area contributed by atoms with Crippen molar-refractivity contribution in [2.45, 2.75) is 26.2 Å². The Morgan fingerprint density at radius 1 is 1.30 bits per heavy atom. The van der Waals surface area contributed by atoms with E-state index in [0.717, 1.165) is 5.69 Å². The van der Waals surface area contributed by atoms with Crippen molar-refractivity contribution in [1.29, 1.82) is 0 Å². The van der Waals surface area contributed by atoms with E-state index >= 15 is 0 Å². The number of aromatic nitrogens is 2. The van der Waals surface area contributed by atoms with Crippen LogP contribution in [-0.2, 0) is 15.0 Å². The van der Waals surface area contributed by atoms with Crippen LogP contribution in [0.5, 0.6) is 0 Å². The highest BCUT2D eigenvalue weighted by Crippen LogP contribution is 2.24. The van der Waals surface area contributed by atoms with Crippen LogP contribution in [0.15, 0.2) is 48.1 Å². The van der Waals surface area contributed by atoms with Crippen molar-refractivity contribution >= 4 is 35.9 Å². The molecule has 30 heavy (non-hydrogen) atoms. The van der Waals surface area contributed by atoms with Gasteiger partial charge in [0.25, 0.3) is 5.91 Å². The molecular weight excluding hydrogens is 407 g/mol. The van der Waals surface area contributed by atoms with E-state index in [4.69, 9.17) is 11.6 Å². The fourth-order valence-electron chi connectivity index (χ4n) is 2.62. The second kappa shape index (κ2) is 10.0. The van der Waals surface area contributed by atoms with Crippen LogP contribution >= 0.6 is 11.6 Å². The summed E-state index contributed by atoms with van der Waals surface area (Å²) < 4.78 is 13.3. The van der Waals surface area contributed by atoms with Crippen molar-refractivity contribution in [3.63, 3.8) is 0 Å². The summed E-state index contributed by atoms with van der Waals surface area (Å²) in [6.07, 6.45) is 8.23. The molecule has 2 rings (SSSR count). The average molecular weight is 431 g/mol. The zero-order valence-corrected chi connectivity index (χ0v) is 18.0. The SMILES string of the molecule is CN/C(=C\C=C\c1cc(F)ccc1Cl)C(=O)N/C(C=O)=C\c1nc[nH]c1C(C)(C)C. The Morgan fingerprint density at radius 2 is 2.03 bits per heavy atom. The molecule has 0 aliphatic rings. The van der Waals surface area contributed by atoms with Crippen LogP contribution in [0.1, 0.15) is 37.7 Å². The minimum absolute atomic E-state index is 0.0657. The highest BCUT2D eigenvalue weighted by molar-refractivity contribution is 6.32. The van der Waals surface area contributed by atoms with Gasteiger partial charge in [0.15, 0.2) is 6.29 Å². The van der Waals surface area contributed by atoms with E-state index in [1.807, 2.05) is 20.8 Å². The van der Waals surface area contributed by atoms with E-state index in [1.165, 1.54) is 36.7 Å². The smallest absolute Gasteiger partial charge is 0.271 e. The van der Waals surface area contributed by atoms with Crippen molar-refractivity contribution in [3.8, 4) is 0 Å². The van der Waals surface area contributed by atoms with Gasteiger partial charge in [-0.15, -0.1) is 0 Å². The molecule has 0 aliphatic carbocycles. The molecule has 0 saturated heterocycles. The molecule has 0 radical (unpaired) electrons. The monoisotopic (exact) mass is 430 g/mol. The highest BCUT2D eigenvalue weighted by Gasteiger charge is 2.20. The van der Waals surface area contributed by atoms with E-state index in [9.17, 15) is 14.0 Å². The largest absolute Gasteiger partial charge is 0.384 e. The fraction of sp³-hybridized carbons (Fsp3) is 0.227. The quantitative estimate of drug-likeness (QED) is 0.352. The lowest BCUT2D eigenvalue weighted by atomic mass is 9.90. The lowest BCUT2D eigenvalue weighted by Gasteiger charge is -2.17. The van der Waals surface area contributed by atoms with E-state index in [2.05, 4.69) is 20.6 Å². The van der Waals surface area contributed by atoms with Gasteiger partial charge in [0, 0.05) is 23.2 Å². The summed E-state index contributed by atoms with van der Waals surface area (Å²) in [5.74, 6) is -0.929. The second-order valence-corrected chi connectivity index (χ2v) is 7.85. The third-order valence-electron chi connectivity index (χ3n) is 4.11. The number of hydrogen-bond acceptors (Lipinski definition) is 4. The number of imidazole rings is 1. The molecule has 158 valence electrons. The number of carbonyl (C=O) groups excluding carboxylic acids is 2. The number of likely N-dealkylation sites (N-methyl/N-ethyl adjacent to an activating group) is 1. The molecule has 6 nitrogen and oxygen atoms in total. The molecule has 1 heterocycles. The Hall–Kier alpha value is -3.19. The molecule has 3 N–H and O–H groups in total. The number of allylic oxidation sites excluding steroid dienone is 3. The molecule has 0 bridgehead atoms. The standard InChI is InChI=1S/C22H24ClFN4O2/c1-22(2,3)20-19(26-13-27-20)11-16(12-29)28-21(30)18(25-4)7-5-6-14-10-15(24)8-9-17(14)23/h5-13,25H,1-4H3,(H,26,27)(H,28,30)/b6-5+,16-11-,18-7-. The summed E-state index contributed by atoms with van der Waals surface area (Å²) in [4.78, 5) is 31.3. The molecule has 0 spiro atoms. The Kier molecular flexibility index (Phi) is 7.72. The Bertz CT molecular complexity index is 1020. The predicted octanol–water partition coefficient (Wildman–Crippen LogP) is 3.97. The van der Waals surface area contributed by atoms with Crippen LogP contribution in [0.2, 0.25) is 5.02 Å². The number of aromatic amines is 1. The predicted molar refractivity (Wildman–Crippen MR) is 117 cm³/mol. The first-order chi connectivity index (χ1) is 14.2. The Labute approximate surface area is 179 Å². The van der Waals surface area contributed by atoms with Gasteiger partial charge in [0.1, 0.15) is 5.82 Å². The zero-order chi connectivity index (χ0) is 22.3. The maximum atomic E-state index is 13.3. The van der Waals surface area contributed by atoms with E-state index < -0.39 is 11.7 Å². The molecule has 0 saturated carbocycles. The molecule has 0 fully saturated rings.